The Balaban J connectivity index is 2.32. The van der Waals surface area contributed by atoms with Gasteiger partial charge in [-0.25, -0.2) is 4.98 Å². The Hall–Kier alpha value is -0.753. The third-order valence-electron chi connectivity index (χ3n) is 3.05. The quantitative estimate of drug-likeness (QED) is 0.711. The van der Waals surface area contributed by atoms with Crippen LogP contribution in [-0.4, -0.2) is 18.6 Å². The summed E-state index contributed by atoms with van der Waals surface area (Å²) in [6, 6.07) is 7.88. The SMILES string of the molecule is C[SiH](C)OCn1c(Sc2cccc(Cl)c2)cnc1C(C)(C)C. The van der Waals surface area contributed by atoms with E-state index in [1.165, 1.54) is 0 Å². The molecule has 120 valence electrons. The zero-order valence-electron chi connectivity index (χ0n) is 13.8. The molecule has 3 nitrogen and oxygen atoms in total. The smallest absolute Gasteiger partial charge is 0.173 e. The van der Waals surface area contributed by atoms with Gasteiger partial charge in [0.2, 0.25) is 0 Å². The van der Waals surface area contributed by atoms with Gasteiger partial charge in [0.25, 0.3) is 0 Å². The summed E-state index contributed by atoms with van der Waals surface area (Å²) in [5.74, 6) is 1.05. The molecular formula is C16H23ClN2OSSi. The van der Waals surface area contributed by atoms with Crippen LogP contribution in [0.15, 0.2) is 40.4 Å². The lowest BCUT2D eigenvalue weighted by Crippen LogP contribution is -2.22. The van der Waals surface area contributed by atoms with E-state index in [2.05, 4.69) is 49.5 Å². The summed E-state index contributed by atoms with van der Waals surface area (Å²) in [5, 5.41) is 1.83. The van der Waals surface area contributed by atoms with Crippen molar-refractivity contribution in [3.8, 4) is 0 Å². The average Bonchev–Trinajstić information content (AvgIpc) is 2.79. The molecule has 0 aliphatic carbocycles. The van der Waals surface area contributed by atoms with Crippen LogP contribution in [0.1, 0.15) is 26.6 Å². The first-order chi connectivity index (χ1) is 10.3. The fraction of sp³-hybridized carbons (Fsp3) is 0.438. The summed E-state index contributed by atoms with van der Waals surface area (Å²) >= 11 is 7.74. The lowest BCUT2D eigenvalue weighted by atomic mass is 9.96. The van der Waals surface area contributed by atoms with Crippen molar-refractivity contribution in [2.45, 2.75) is 55.9 Å². The van der Waals surface area contributed by atoms with E-state index in [0.717, 1.165) is 20.8 Å². The maximum absolute atomic E-state index is 6.08. The topological polar surface area (TPSA) is 27.1 Å². The predicted octanol–water partition coefficient (Wildman–Crippen LogP) is 4.94. The highest BCUT2D eigenvalue weighted by molar-refractivity contribution is 7.99. The maximum atomic E-state index is 6.08. The molecule has 2 rings (SSSR count). The molecule has 0 amide bonds. The molecule has 6 heteroatoms. The number of hydrogen-bond acceptors (Lipinski definition) is 3. The zero-order valence-corrected chi connectivity index (χ0v) is 16.5. The highest BCUT2D eigenvalue weighted by atomic mass is 35.5. The Bertz CT molecular complexity index is 637. The Kier molecular flexibility index (Phi) is 5.77. The fourth-order valence-electron chi connectivity index (χ4n) is 2.04. The van der Waals surface area contributed by atoms with E-state index >= 15 is 0 Å². The molecule has 0 radical (unpaired) electrons. The number of hydrogen-bond donors (Lipinski definition) is 0. The van der Waals surface area contributed by atoms with Gasteiger partial charge in [-0.1, -0.05) is 50.2 Å². The van der Waals surface area contributed by atoms with E-state index < -0.39 is 9.04 Å². The first-order valence-corrected chi connectivity index (χ1v) is 11.4. The van der Waals surface area contributed by atoms with Gasteiger partial charge in [-0.3, -0.25) is 4.57 Å². The van der Waals surface area contributed by atoms with E-state index in [0.29, 0.717) is 6.73 Å². The van der Waals surface area contributed by atoms with E-state index in [4.69, 9.17) is 16.0 Å². The molecule has 0 saturated carbocycles. The van der Waals surface area contributed by atoms with Crippen molar-refractivity contribution < 1.29 is 4.43 Å². The summed E-state index contributed by atoms with van der Waals surface area (Å²) in [4.78, 5) is 5.74. The minimum atomic E-state index is -1.08. The lowest BCUT2D eigenvalue weighted by molar-refractivity contribution is 0.220. The van der Waals surface area contributed by atoms with Gasteiger partial charge in [0.05, 0.1) is 6.20 Å². The van der Waals surface area contributed by atoms with Crippen LogP contribution in [0.4, 0.5) is 0 Å². The largest absolute Gasteiger partial charge is 0.403 e. The molecule has 0 saturated heterocycles. The van der Waals surface area contributed by atoms with E-state index in [9.17, 15) is 0 Å². The van der Waals surface area contributed by atoms with Crippen molar-refractivity contribution in [1.82, 2.24) is 9.55 Å². The van der Waals surface area contributed by atoms with Crippen molar-refractivity contribution in [3.63, 3.8) is 0 Å². The molecule has 0 fully saturated rings. The van der Waals surface area contributed by atoms with Crippen molar-refractivity contribution in [1.29, 1.82) is 0 Å². The highest BCUT2D eigenvalue weighted by Crippen LogP contribution is 2.33. The van der Waals surface area contributed by atoms with Crippen LogP contribution >= 0.6 is 23.4 Å². The molecule has 1 aromatic heterocycles. The van der Waals surface area contributed by atoms with Crippen LogP contribution in [0.2, 0.25) is 18.1 Å². The van der Waals surface area contributed by atoms with Crippen LogP contribution in [-0.2, 0) is 16.6 Å². The first-order valence-electron chi connectivity index (χ1n) is 7.38. The van der Waals surface area contributed by atoms with Gasteiger partial charge in [0, 0.05) is 15.3 Å². The molecule has 0 aliphatic rings. The molecular weight excluding hydrogens is 332 g/mol. The van der Waals surface area contributed by atoms with Crippen molar-refractivity contribution in [3.05, 3.63) is 41.3 Å². The van der Waals surface area contributed by atoms with Crippen LogP contribution in [0, 0.1) is 0 Å². The van der Waals surface area contributed by atoms with Gasteiger partial charge >= 0.3 is 0 Å². The van der Waals surface area contributed by atoms with Crippen LogP contribution in [0.3, 0.4) is 0 Å². The summed E-state index contributed by atoms with van der Waals surface area (Å²) < 4.78 is 8.13. The number of benzene rings is 1. The highest BCUT2D eigenvalue weighted by Gasteiger charge is 2.23. The van der Waals surface area contributed by atoms with Gasteiger partial charge in [-0.05, 0) is 31.3 Å². The monoisotopic (exact) mass is 354 g/mol. The number of halogens is 1. The van der Waals surface area contributed by atoms with Crippen LogP contribution < -0.4 is 0 Å². The zero-order chi connectivity index (χ0) is 16.3. The Morgan fingerprint density at radius 2 is 2.05 bits per heavy atom. The number of imidazole rings is 1. The Labute approximate surface area is 143 Å². The second kappa shape index (κ2) is 7.21. The molecule has 2 aromatic rings. The molecule has 0 unspecified atom stereocenters. The third-order valence-corrected chi connectivity index (χ3v) is 5.12. The van der Waals surface area contributed by atoms with Crippen molar-refractivity contribution >= 4 is 32.4 Å². The fourth-order valence-corrected chi connectivity index (χ4v) is 3.67. The predicted molar refractivity (Wildman–Crippen MR) is 96.5 cm³/mol. The van der Waals surface area contributed by atoms with Crippen molar-refractivity contribution in [2.75, 3.05) is 0 Å². The maximum Gasteiger partial charge on any atom is 0.173 e. The Morgan fingerprint density at radius 3 is 2.64 bits per heavy atom. The lowest BCUT2D eigenvalue weighted by Gasteiger charge is -2.22. The molecule has 0 spiro atoms. The number of nitrogens with zero attached hydrogens (tertiary/aromatic N) is 2. The van der Waals surface area contributed by atoms with E-state index in [-0.39, 0.29) is 5.41 Å². The average molecular weight is 355 g/mol. The van der Waals surface area contributed by atoms with Gasteiger partial charge in [-0.15, -0.1) is 0 Å². The second-order valence-corrected chi connectivity index (χ2v) is 10.5. The van der Waals surface area contributed by atoms with Gasteiger partial charge in [0.15, 0.2) is 9.04 Å². The van der Waals surface area contributed by atoms with E-state index in [1.807, 2.05) is 24.4 Å². The Morgan fingerprint density at radius 1 is 1.32 bits per heavy atom. The molecule has 0 atom stereocenters. The second-order valence-electron chi connectivity index (χ2n) is 6.50. The third kappa shape index (κ3) is 4.62. The first kappa shape index (κ1) is 17.6. The summed E-state index contributed by atoms with van der Waals surface area (Å²) in [7, 11) is -1.08. The normalized spacial score (nSPS) is 12.1. The summed E-state index contributed by atoms with van der Waals surface area (Å²) in [5.41, 5.74) is -0.0188. The minimum Gasteiger partial charge on any atom is -0.403 e. The van der Waals surface area contributed by atoms with Gasteiger partial charge in [0.1, 0.15) is 17.6 Å². The number of rotatable bonds is 5. The molecule has 1 aromatic carbocycles. The summed E-state index contributed by atoms with van der Waals surface area (Å²) in [6.45, 7) is 11.4. The molecule has 22 heavy (non-hydrogen) atoms. The molecule has 0 aliphatic heterocycles. The number of aromatic nitrogens is 2. The van der Waals surface area contributed by atoms with Gasteiger partial charge in [-0.2, -0.15) is 0 Å². The van der Waals surface area contributed by atoms with Gasteiger partial charge < -0.3 is 4.43 Å². The van der Waals surface area contributed by atoms with Crippen molar-refractivity contribution in [2.24, 2.45) is 0 Å². The van der Waals surface area contributed by atoms with E-state index in [1.54, 1.807) is 11.8 Å². The van der Waals surface area contributed by atoms with Crippen LogP contribution in [0.5, 0.6) is 0 Å². The molecule has 0 bridgehead atoms. The molecule has 1 heterocycles. The van der Waals surface area contributed by atoms with Crippen LogP contribution in [0.25, 0.3) is 0 Å². The minimum absolute atomic E-state index is 0.0188. The molecule has 0 N–H and O–H groups in total. The standard InChI is InChI=1S/C16H23ClN2OSSi/c1-16(2,3)15-18-10-14(19(15)11-20-22(4)5)21-13-8-6-7-12(17)9-13/h6-10,22H,11H2,1-5H3. The summed E-state index contributed by atoms with van der Waals surface area (Å²) in [6.07, 6.45) is 1.93.